The van der Waals surface area contributed by atoms with E-state index in [0.29, 0.717) is 0 Å². The maximum atomic E-state index is 12.9. The van der Waals surface area contributed by atoms with Gasteiger partial charge in [-0.2, -0.15) is 0 Å². The van der Waals surface area contributed by atoms with Gasteiger partial charge >= 0.3 is 0 Å². The minimum absolute atomic E-state index is 0.153. The maximum absolute atomic E-state index is 12.9. The fourth-order valence-corrected chi connectivity index (χ4v) is 1.06. The summed E-state index contributed by atoms with van der Waals surface area (Å²) >= 11 is -1.62. The lowest BCUT2D eigenvalue weighted by molar-refractivity contribution is 0.581. The van der Waals surface area contributed by atoms with Crippen LogP contribution in [0.3, 0.4) is 0 Å². The summed E-state index contributed by atoms with van der Waals surface area (Å²) in [5.41, 5.74) is 0.153. The highest BCUT2D eigenvalue weighted by Gasteiger charge is 2.00. The molecule has 0 saturated heterocycles. The Balaban J connectivity index is 2.90. The Morgan fingerprint density at radius 2 is 2.08 bits per heavy atom. The molecule has 0 amide bonds. The Morgan fingerprint density at radius 1 is 1.38 bits per heavy atom. The molecular weight excluding hydrogens is 196 g/mol. The van der Waals surface area contributed by atoms with Crippen LogP contribution in [0.5, 0.6) is 0 Å². The van der Waals surface area contributed by atoms with Crippen molar-refractivity contribution in [2.24, 2.45) is 5.14 Å². The molecule has 2 nitrogen and oxygen atoms in total. The Labute approximate surface area is 77.4 Å². The van der Waals surface area contributed by atoms with Crippen molar-refractivity contribution >= 4 is 17.4 Å². The fraction of sp³-hybridized carbons (Fsp3) is 0. The van der Waals surface area contributed by atoms with Gasteiger partial charge in [0.15, 0.2) is 0 Å². The molecule has 5 heteroatoms. The van der Waals surface area contributed by atoms with E-state index in [9.17, 15) is 13.3 Å². The molecule has 0 fully saturated rings. The third kappa shape index (κ3) is 3.14. The van der Waals surface area contributed by atoms with Crippen molar-refractivity contribution in [2.75, 3.05) is 0 Å². The van der Waals surface area contributed by atoms with Crippen LogP contribution in [0, 0.1) is 11.6 Å². The second-order valence-electron chi connectivity index (χ2n) is 2.30. The molecule has 0 spiro atoms. The van der Waals surface area contributed by atoms with Crippen LogP contribution in [0.25, 0.3) is 6.08 Å². The van der Waals surface area contributed by atoms with E-state index in [1.165, 1.54) is 12.1 Å². The Hall–Kier alpha value is -0.910. The molecule has 1 unspecified atom stereocenters. The van der Waals surface area contributed by atoms with Crippen molar-refractivity contribution in [3.05, 3.63) is 40.8 Å². The van der Waals surface area contributed by atoms with Crippen LogP contribution in [0.4, 0.5) is 8.78 Å². The van der Waals surface area contributed by atoms with Crippen LogP contribution in [0.1, 0.15) is 5.56 Å². The van der Waals surface area contributed by atoms with E-state index in [-0.39, 0.29) is 5.56 Å². The normalized spacial score (nSPS) is 13.5. The third-order valence-electron chi connectivity index (χ3n) is 1.34. The van der Waals surface area contributed by atoms with Crippen molar-refractivity contribution in [3.8, 4) is 0 Å². The third-order valence-corrected chi connectivity index (χ3v) is 1.75. The van der Waals surface area contributed by atoms with E-state index in [1.807, 2.05) is 0 Å². The van der Waals surface area contributed by atoms with Gasteiger partial charge in [-0.3, -0.25) is 0 Å². The summed E-state index contributed by atoms with van der Waals surface area (Å²) in [5, 5.41) is 6.03. The topological polar surface area (TPSA) is 49.1 Å². The molecule has 70 valence electrons. The summed E-state index contributed by atoms with van der Waals surface area (Å²) in [4.78, 5) is 0. The van der Waals surface area contributed by atoms with Gasteiger partial charge in [0.05, 0.1) is 11.4 Å². The van der Waals surface area contributed by atoms with Gasteiger partial charge in [0.25, 0.3) is 0 Å². The standard InChI is InChI=1S/C8H7F2NOS/c9-7-2-1-6(8(10)5-7)3-4-13(11)12/h1-5H,11H2. The molecule has 1 rings (SSSR count). The molecule has 0 aliphatic carbocycles. The van der Waals surface area contributed by atoms with E-state index in [0.717, 1.165) is 17.5 Å². The van der Waals surface area contributed by atoms with E-state index in [4.69, 9.17) is 5.14 Å². The number of hydrogen-bond donors (Lipinski definition) is 1. The first-order chi connectivity index (χ1) is 6.09. The quantitative estimate of drug-likeness (QED) is 0.741. The average molecular weight is 203 g/mol. The molecule has 13 heavy (non-hydrogen) atoms. The van der Waals surface area contributed by atoms with Gasteiger partial charge in [0.2, 0.25) is 0 Å². The molecule has 1 aromatic rings. The van der Waals surface area contributed by atoms with E-state index in [2.05, 4.69) is 0 Å². The number of benzene rings is 1. The fourth-order valence-electron chi connectivity index (χ4n) is 0.777. The van der Waals surface area contributed by atoms with Gasteiger partial charge < -0.3 is 4.55 Å². The predicted octanol–water partition coefficient (Wildman–Crippen LogP) is 1.56. The van der Waals surface area contributed by atoms with Crippen molar-refractivity contribution in [2.45, 2.75) is 0 Å². The van der Waals surface area contributed by atoms with Crippen molar-refractivity contribution in [1.82, 2.24) is 0 Å². The van der Waals surface area contributed by atoms with Gasteiger partial charge in [0, 0.05) is 11.6 Å². The summed E-state index contributed by atoms with van der Waals surface area (Å²) in [6.07, 6.45) is 1.24. The summed E-state index contributed by atoms with van der Waals surface area (Å²) in [6, 6.07) is 3.11. The number of hydrogen-bond acceptors (Lipinski definition) is 2. The minimum Gasteiger partial charge on any atom is -0.594 e. The molecule has 0 heterocycles. The monoisotopic (exact) mass is 203 g/mol. The number of rotatable bonds is 2. The molecule has 1 aromatic carbocycles. The summed E-state index contributed by atoms with van der Waals surface area (Å²) < 4.78 is 35.7. The molecule has 0 bridgehead atoms. The maximum Gasteiger partial charge on any atom is 0.139 e. The molecule has 0 aliphatic rings. The first kappa shape index (κ1) is 10.2. The van der Waals surface area contributed by atoms with Crippen molar-refractivity contribution < 1.29 is 13.3 Å². The molecule has 2 N–H and O–H groups in total. The molecule has 0 radical (unpaired) electrons. The van der Waals surface area contributed by atoms with Crippen LogP contribution in [-0.4, -0.2) is 4.55 Å². The smallest absolute Gasteiger partial charge is 0.139 e. The molecule has 0 saturated carbocycles. The summed E-state index contributed by atoms with van der Waals surface area (Å²) in [6.45, 7) is 0. The molecule has 0 aliphatic heterocycles. The van der Waals surface area contributed by atoms with Crippen molar-refractivity contribution in [3.63, 3.8) is 0 Å². The lowest BCUT2D eigenvalue weighted by Gasteiger charge is -1.97. The zero-order valence-electron chi connectivity index (χ0n) is 6.54. The first-order valence-corrected chi connectivity index (χ1v) is 4.65. The van der Waals surface area contributed by atoms with E-state index in [1.54, 1.807) is 0 Å². The predicted molar refractivity (Wildman–Crippen MR) is 47.7 cm³/mol. The van der Waals surface area contributed by atoms with Gasteiger partial charge in [-0.05, 0) is 18.2 Å². The minimum atomic E-state index is -1.62. The van der Waals surface area contributed by atoms with E-state index < -0.39 is 23.0 Å². The molecule has 0 aromatic heterocycles. The highest BCUT2D eigenvalue weighted by molar-refractivity contribution is 7.92. The summed E-state index contributed by atoms with van der Waals surface area (Å²) in [5.74, 6) is -1.36. The Morgan fingerprint density at radius 3 is 2.62 bits per heavy atom. The van der Waals surface area contributed by atoms with Gasteiger partial charge in [-0.15, -0.1) is 5.14 Å². The molecular formula is C8H7F2NOS. The lowest BCUT2D eigenvalue weighted by atomic mass is 10.2. The SMILES string of the molecule is N[S+]([O-])C=Cc1ccc(F)cc1F. The number of nitrogens with two attached hydrogens (primary N) is 1. The number of halogens is 2. The van der Waals surface area contributed by atoms with Crippen LogP contribution in [-0.2, 0) is 11.4 Å². The van der Waals surface area contributed by atoms with Crippen LogP contribution >= 0.6 is 0 Å². The second kappa shape index (κ2) is 4.36. The van der Waals surface area contributed by atoms with Crippen LogP contribution in [0.2, 0.25) is 0 Å². The average Bonchev–Trinajstić information content (AvgIpc) is 2.02. The van der Waals surface area contributed by atoms with Crippen molar-refractivity contribution in [1.29, 1.82) is 0 Å². The largest absolute Gasteiger partial charge is 0.594 e. The van der Waals surface area contributed by atoms with Gasteiger partial charge in [-0.1, -0.05) is 0 Å². The Kier molecular flexibility index (Phi) is 3.41. The molecule has 1 atom stereocenters. The zero-order chi connectivity index (χ0) is 9.84. The first-order valence-electron chi connectivity index (χ1n) is 3.38. The Bertz CT molecular complexity index is 328. The highest BCUT2D eigenvalue weighted by atomic mass is 32.2. The zero-order valence-corrected chi connectivity index (χ0v) is 7.35. The van der Waals surface area contributed by atoms with Crippen LogP contribution in [0.15, 0.2) is 23.6 Å². The lowest BCUT2D eigenvalue weighted by Crippen LogP contribution is -2.06. The second-order valence-corrected chi connectivity index (χ2v) is 3.23. The highest BCUT2D eigenvalue weighted by Crippen LogP contribution is 2.11. The van der Waals surface area contributed by atoms with Gasteiger partial charge in [0.1, 0.15) is 17.0 Å². The van der Waals surface area contributed by atoms with Gasteiger partial charge in [-0.25, -0.2) is 8.78 Å². The van der Waals surface area contributed by atoms with Crippen LogP contribution < -0.4 is 5.14 Å². The van der Waals surface area contributed by atoms with E-state index >= 15 is 0 Å². The summed E-state index contributed by atoms with van der Waals surface area (Å²) in [7, 11) is 0.